The van der Waals surface area contributed by atoms with Crippen molar-refractivity contribution in [2.45, 2.75) is 43.1 Å². The maximum absolute atomic E-state index is 13.3. The molecule has 4 aliphatic rings. The number of rotatable bonds is 4. The normalized spacial score (nSPS) is 36.6. The predicted octanol–water partition coefficient (Wildman–Crippen LogP) is 0.487. The first kappa shape index (κ1) is 21.6. The zero-order valence-corrected chi connectivity index (χ0v) is 18.5. The Bertz CT molecular complexity index is 939. The fourth-order valence-corrected chi connectivity index (χ4v) is 7.45. The highest BCUT2D eigenvalue weighted by Crippen LogP contribution is 2.49. The number of carboxylic acid groups (broad SMARTS) is 1. The molecule has 0 aromatic heterocycles. The lowest BCUT2D eigenvalue weighted by Crippen LogP contribution is -2.69. The molecular formula is C20H23N3O5S2. The van der Waals surface area contributed by atoms with E-state index in [-0.39, 0.29) is 29.6 Å². The second-order valence-electron chi connectivity index (χ2n) is 8.01. The van der Waals surface area contributed by atoms with Crippen LogP contribution >= 0.6 is 23.5 Å². The molecule has 0 saturated carbocycles. The minimum atomic E-state index is -0.923. The van der Waals surface area contributed by atoms with Gasteiger partial charge in [0.15, 0.2) is 11.6 Å². The molecule has 3 aliphatic heterocycles. The van der Waals surface area contributed by atoms with Crippen LogP contribution in [0.2, 0.25) is 0 Å². The highest BCUT2D eigenvalue weighted by Gasteiger charge is 2.61. The van der Waals surface area contributed by atoms with Crippen molar-refractivity contribution in [2.24, 2.45) is 5.92 Å². The number of nitrogens with zero attached hydrogens (tertiary/aromatic N) is 3. The lowest BCUT2D eigenvalue weighted by atomic mass is 9.76. The molecule has 160 valence electrons. The SMILES string of the molecule is CSC1=C(SC)C(=O)C2=C(C[C@H]3[C@H]4[C@H](C(=O)O)C[C@@H](C(C#N)N3[C@H]2CO)N4C)C1=O. The van der Waals surface area contributed by atoms with Gasteiger partial charge in [0.2, 0.25) is 0 Å². The number of fused-ring (bicyclic) bond motifs is 4. The fraction of sp³-hybridized carbons (Fsp3) is 0.600. The molecular weight excluding hydrogens is 426 g/mol. The summed E-state index contributed by atoms with van der Waals surface area (Å²) in [6, 6.07) is -0.312. The molecule has 4 rings (SSSR count). The van der Waals surface area contributed by atoms with Gasteiger partial charge in [-0.2, -0.15) is 5.26 Å². The smallest absolute Gasteiger partial charge is 0.308 e. The van der Waals surface area contributed by atoms with Crippen molar-refractivity contribution in [1.82, 2.24) is 9.80 Å². The number of aliphatic hydroxyl groups excluding tert-OH is 1. The molecule has 0 radical (unpaired) electrons. The van der Waals surface area contributed by atoms with Crippen LogP contribution in [0.25, 0.3) is 0 Å². The third-order valence-corrected chi connectivity index (χ3v) is 8.69. The zero-order valence-electron chi connectivity index (χ0n) is 16.9. The molecule has 30 heavy (non-hydrogen) atoms. The van der Waals surface area contributed by atoms with Gasteiger partial charge >= 0.3 is 5.97 Å². The number of hydrogen-bond donors (Lipinski definition) is 2. The summed E-state index contributed by atoms with van der Waals surface area (Å²) in [5.74, 6) is -2.08. The number of hydrogen-bond acceptors (Lipinski definition) is 9. The first-order valence-corrected chi connectivity index (χ1v) is 12.1. The molecule has 2 bridgehead atoms. The summed E-state index contributed by atoms with van der Waals surface area (Å²) in [6.45, 7) is -0.413. The number of ketones is 2. The number of piperazine rings is 1. The van der Waals surface area contributed by atoms with E-state index >= 15 is 0 Å². The monoisotopic (exact) mass is 449 g/mol. The highest BCUT2D eigenvalue weighted by atomic mass is 32.2. The standard InChI is InChI=1S/C20H23N3O5S2/c1-22-10-5-9(20(27)28)15(22)11-4-8-14(13(7-24)23(11)12(10)6-21)17(26)19(30-3)18(29-2)16(8)25/h9-13,15,24H,4-5,7H2,1-3H3,(H,27,28)/t9-,10+,11+,12?,13+,15-/m1/s1. The molecule has 10 heteroatoms. The van der Waals surface area contributed by atoms with Crippen LogP contribution in [0.5, 0.6) is 0 Å². The van der Waals surface area contributed by atoms with Crippen LogP contribution in [0.1, 0.15) is 12.8 Å². The predicted molar refractivity (Wildman–Crippen MR) is 113 cm³/mol. The summed E-state index contributed by atoms with van der Waals surface area (Å²) in [5, 5.41) is 30.1. The number of carbonyl (C=O) groups excluding carboxylic acids is 2. The van der Waals surface area contributed by atoms with Crippen molar-refractivity contribution in [3.63, 3.8) is 0 Å². The molecule has 3 heterocycles. The average molecular weight is 450 g/mol. The van der Waals surface area contributed by atoms with Crippen molar-refractivity contribution >= 4 is 41.1 Å². The number of nitriles is 1. The van der Waals surface area contributed by atoms with Crippen LogP contribution in [0, 0.1) is 17.2 Å². The Morgan fingerprint density at radius 2 is 1.83 bits per heavy atom. The molecule has 8 nitrogen and oxygen atoms in total. The van der Waals surface area contributed by atoms with Crippen LogP contribution in [0.4, 0.5) is 0 Å². The maximum atomic E-state index is 13.3. The zero-order chi connectivity index (χ0) is 21.9. The fourth-order valence-electron chi connectivity index (χ4n) is 5.79. The number of likely N-dealkylation sites (N-methyl/N-ethyl adjacent to an activating group) is 1. The van der Waals surface area contributed by atoms with E-state index in [1.54, 1.807) is 12.5 Å². The van der Waals surface area contributed by atoms with Crippen molar-refractivity contribution in [1.29, 1.82) is 5.26 Å². The minimum absolute atomic E-state index is 0.200. The Morgan fingerprint density at radius 3 is 2.37 bits per heavy atom. The summed E-state index contributed by atoms with van der Waals surface area (Å²) in [5.41, 5.74) is 0.638. The molecule has 1 aliphatic carbocycles. The van der Waals surface area contributed by atoms with Crippen molar-refractivity contribution in [3.05, 3.63) is 21.0 Å². The largest absolute Gasteiger partial charge is 0.481 e. The molecule has 0 spiro atoms. The second kappa shape index (κ2) is 7.80. The van der Waals surface area contributed by atoms with E-state index in [0.29, 0.717) is 21.8 Å². The van der Waals surface area contributed by atoms with Gasteiger partial charge in [0, 0.05) is 29.3 Å². The van der Waals surface area contributed by atoms with Crippen LogP contribution in [0.15, 0.2) is 21.0 Å². The van der Waals surface area contributed by atoms with E-state index in [1.165, 1.54) is 23.5 Å². The minimum Gasteiger partial charge on any atom is -0.481 e. The van der Waals surface area contributed by atoms with E-state index < -0.39 is 42.7 Å². The Labute approximate surface area is 183 Å². The number of thioether (sulfide) groups is 2. The van der Waals surface area contributed by atoms with E-state index in [4.69, 9.17) is 0 Å². The van der Waals surface area contributed by atoms with Gasteiger partial charge in [0.25, 0.3) is 0 Å². The third-order valence-electron chi connectivity index (χ3n) is 6.96. The molecule has 1 unspecified atom stereocenters. The number of carboxylic acids is 1. The molecule has 2 saturated heterocycles. The van der Waals surface area contributed by atoms with E-state index in [0.717, 1.165) is 0 Å². The quantitative estimate of drug-likeness (QED) is 0.586. The summed E-state index contributed by atoms with van der Waals surface area (Å²) < 4.78 is 0. The summed E-state index contributed by atoms with van der Waals surface area (Å²) in [4.78, 5) is 43.1. The molecule has 0 amide bonds. The van der Waals surface area contributed by atoms with Crippen molar-refractivity contribution < 1.29 is 24.6 Å². The Balaban J connectivity index is 1.88. The molecule has 0 aromatic rings. The Morgan fingerprint density at radius 1 is 1.20 bits per heavy atom. The summed E-state index contributed by atoms with van der Waals surface area (Å²) in [7, 11) is 1.82. The van der Waals surface area contributed by atoms with Gasteiger partial charge in [-0.15, -0.1) is 23.5 Å². The highest BCUT2D eigenvalue weighted by molar-refractivity contribution is 8.07. The summed E-state index contributed by atoms with van der Waals surface area (Å²) in [6.07, 6.45) is 4.03. The topological polar surface area (TPSA) is 122 Å². The van der Waals surface area contributed by atoms with Crippen LogP contribution < -0.4 is 0 Å². The number of aliphatic carboxylic acids is 1. The van der Waals surface area contributed by atoms with E-state index in [9.17, 15) is 29.9 Å². The van der Waals surface area contributed by atoms with Gasteiger partial charge in [-0.1, -0.05) is 0 Å². The first-order chi connectivity index (χ1) is 14.3. The van der Waals surface area contributed by atoms with Gasteiger partial charge in [-0.3, -0.25) is 24.2 Å². The van der Waals surface area contributed by atoms with Gasteiger partial charge < -0.3 is 10.2 Å². The lowest BCUT2D eigenvalue weighted by Gasteiger charge is -2.54. The molecule has 6 atom stereocenters. The van der Waals surface area contributed by atoms with Gasteiger partial charge in [-0.25, -0.2) is 0 Å². The van der Waals surface area contributed by atoms with E-state index in [1.807, 2.05) is 16.8 Å². The van der Waals surface area contributed by atoms with E-state index in [2.05, 4.69) is 6.07 Å². The van der Waals surface area contributed by atoms with Crippen molar-refractivity contribution in [2.75, 3.05) is 26.2 Å². The van der Waals surface area contributed by atoms with Gasteiger partial charge in [0.1, 0.15) is 6.04 Å². The first-order valence-electron chi connectivity index (χ1n) is 9.69. The third kappa shape index (κ3) is 2.76. The Hall–Kier alpha value is -1.64. The number of allylic oxidation sites excluding steroid dienone is 2. The van der Waals surface area contributed by atoms with Crippen molar-refractivity contribution in [3.8, 4) is 6.07 Å². The number of carbonyl (C=O) groups is 3. The van der Waals surface area contributed by atoms with Crippen LogP contribution in [0.3, 0.4) is 0 Å². The average Bonchev–Trinajstić information content (AvgIpc) is 2.98. The number of aliphatic hydroxyl groups is 1. The van der Waals surface area contributed by atoms with Gasteiger partial charge in [0.05, 0.1) is 34.4 Å². The molecule has 2 fully saturated rings. The number of Topliss-reactive ketones (excluding diaryl/α,β-unsaturated/α-hetero) is 2. The molecule has 2 N–H and O–H groups in total. The lowest BCUT2D eigenvalue weighted by molar-refractivity contribution is -0.144. The molecule has 0 aromatic carbocycles. The second-order valence-corrected chi connectivity index (χ2v) is 9.64. The Kier molecular flexibility index (Phi) is 5.61. The van der Waals surface area contributed by atoms with Crippen LogP contribution in [-0.4, -0.2) is 93.9 Å². The maximum Gasteiger partial charge on any atom is 0.308 e. The van der Waals surface area contributed by atoms with Crippen LogP contribution in [-0.2, 0) is 14.4 Å². The van der Waals surface area contributed by atoms with Gasteiger partial charge in [-0.05, 0) is 32.4 Å². The summed E-state index contributed by atoms with van der Waals surface area (Å²) >= 11 is 2.45.